The molecule has 134 valence electrons. The molecule has 0 radical (unpaired) electrons. The minimum Gasteiger partial charge on any atom is -0.490 e. The predicted molar refractivity (Wildman–Crippen MR) is 97.2 cm³/mol. The van der Waals surface area contributed by atoms with Gasteiger partial charge in [0, 0.05) is 26.1 Å². The van der Waals surface area contributed by atoms with E-state index in [-0.39, 0.29) is 11.4 Å². The lowest BCUT2D eigenvalue weighted by atomic mass is 10.2. The third kappa shape index (κ3) is 4.03. The number of halogens is 2. The Balaban J connectivity index is 1.85. The van der Waals surface area contributed by atoms with Gasteiger partial charge >= 0.3 is 0 Å². The van der Waals surface area contributed by atoms with Crippen LogP contribution < -0.4 is 9.47 Å². The first-order chi connectivity index (χ1) is 11.9. The SMILES string of the molecule is CN(Cc1ccc(Cl)c(Cl)c1)S(=O)(=O)c1ccc2c(c1)OCCCO2. The molecule has 1 aliphatic rings. The van der Waals surface area contributed by atoms with Gasteiger partial charge in [0.25, 0.3) is 0 Å². The molecular weight excluding hydrogens is 385 g/mol. The largest absolute Gasteiger partial charge is 0.490 e. The first kappa shape index (κ1) is 18.3. The van der Waals surface area contributed by atoms with Crippen LogP contribution in [0.4, 0.5) is 0 Å². The molecule has 25 heavy (non-hydrogen) atoms. The minimum atomic E-state index is -3.68. The average molecular weight is 402 g/mol. The van der Waals surface area contributed by atoms with Crippen LogP contribution in [0.2, 0.25) is 10.0 Å². The fourth-order valence-electron chi connectivity index (χ4n) is 2.46. The number of rotatable bonds is 4. The Kier molecular flexibility index (Phi) is 5.43. The van der Waals surface area contributed by atoms with Crippen LogP contribution in [0.25, 0.3) is 0 Å². The summed E-state index contributed by atoms with van der Waals surface area (Å²) < 4.78 is 38.0. The highest BCUT2D eigenvalue weighted by atomic mass is 35.5. The lowest BCUT2D eigenvalue weighted by Crippen LogP contribution is -2.26. The van der Waals surface area contributed by atoms with Gasteiger partial charge in [-0.3, -0.25) is 0 Å². The van der Waals surface area contributed by atoms with E-state index in [4.69, 9.17) is 32.7 Å². The first-order valence-electron chi connectivity index (χ1n) is 7.68. The highest BCUT2D eigenvalue weighted by molar-refractivity contribution is 7.89. The molecule has 1 heterocycles. The summed E-state index contributed by atoms with van der Waals surface area (Å²) in [4.78, 5) is 0.152. The molecule has 5 nitrogen and oxygen atoms in total. The lowest BCUT2D eigenvalue weighted by Gasteiger charge is -2.18. The van der Waals surface area contributed by atoms with Gasteiger partial charge in [0.05, 0.1) is 28.2 Å². The topological polar surface area (TPSA) is 55.8 Å². The van der Waals surface area contributed by atoms with Crippen molar-refractivity contribution < 1.29 is 17.9 Å². The van der Waals surface area contributed by atoms with Crippen molar-refractivity contribution in [3.8, 4) is 11.5 Å². The Bertz CT molecular complexity index is 886. The van der Waals surface area contributed by atoms with Crippen molar-refractivity contribution in [3.63, 3.8) is 0 Å². The number of fused-ring (bicyclic) bond motifs is 1. The summed E-state index contributed by atoms with van der Waals surface area (Å²) in [5, 5.41) is 0.819. The lowest BCUT2D eigenvalue weighted by molar-refractivity contribution is 0.297. The van der Waals surface area contributed by atoms with E-state index in [1.807, 2.05) is 0 Å². The zero-order valence-corrected chi connectivity index (χ0v) is 15.9. The second-order valence-electron chi connectivity index (χ2n) is 5.67. The summed E-state index contributed by atoms with van der Waals surface area (Å²) in [6.07, 6.45) is 0.758. The first-order valence-corrected chi connectivity index (χ1v) is 9.87. The van der Waals surface area contributed by atoms with Gasteiger partial charge in [0.1, 0.15) is 0 Å². The van der Waals surface area contributed by atoms with Crippen molar-refractivity contribution >= 4 is 33.2 Å². The van der Waals surface area contributed by atoms with Crippen LogP contribution in [0.1, 0.15) is 12.0 Å². The normalized spacial score (nSPS) is 14.4. The maximum atomic E-state index is 12.8. The highest BCUT2D eigenvalue weighted by Gasteiger charge is 2.23. The summed E-state index contributed by atoms with van der Waals surface area (Å²) in [6, 6.07) is 9.70. The zero-order chi connectivity index (χ0) is 18.0. The van der Waals surface area contributed by atoms with Gasteiger partial charge < -0.3 is 9.47 Å². The average Bonchev–Trinajstić information content (AvgIpc) is 2.82. The molecule has 0 spiro atoms. The number of nitrogens with zero attached hydrogens (tertiary/aromatic N) is 1. The molecule has 0 fully saturated rings. The van der Waals surface area contributed by atoms with Crippen molar-refractivity contribution in [1.82, 2.24) is 4.31 Å². The number of ether oxygens (including phenoxy) is 2. The fraction of sp³-hybridized carbons (Fsp3) is 0.294. The molecule has 0 N–H and O–H groups in total. The molecule has 1 aliphatic heterocycles. The third-order valence-corrected chi connectivity index (χ3v) is 6.35. The summed E-state index contributed by atoms with van der Waals surface area (Å²) >= 11 is 11.9. The van der Waals surface area contributed by atoms with Gasteiger partial charge in [-0.15, -0.1) is 0 Å². The van der Waals surface area contributed by atoms with Crippen molar-refractivity contribution in [3.05, 3.63) is 52.0 Å². The van der Waals surface area contributed by atoms with Gasteiger partial charge in [-0.25, -0.2) is 8.42 Å². The van der Waals surface area contributed by atoms with Crippen LogP contribution in [0, 0.1) is 0 Å². The number of hydrogen-bond acceptors (Lipinski definition) is 4. The van der Waals surface area contributed by atoms with E-state index in [0.29, 0.717) is 34.8 Å². The van der Waals surface area contributed by atoms with Crippen molar-refractivity contribution in [2.75, 3.05) is 20.3 Å². The van der Waals surface area contributed by atoms with Gasteiger partial charge in [-0.2, -0.15) is 4.31 Å². The Morgan fingerprint density at radius 3 is 2.44 bits per heavy atom. The molecule has 0 saturated carbocycles. The molecule has 0 amide bonds. The summed E-state index contributed by atoms with van der Waals surface area (Å²) in [5.41, 5.74) is 0.745. The van der Waals surface area contributed by atoms with Gasteiger partial charge in [0.15, 0.2) is 11.5 Å². The van der Waals surface area contributed by atoms with Crippen molar-refractivity contribution in [2.45, 2.75) is 17.9 Å². The Morgan fingerprint density at radius 1 is 1.00 bits per heavy atom. The van der Waals surface area contributed by atoms with Crippen LogP contribution in [0.5, 0.6) is 11.5 Å². The van der Waals surface area contributed by atoms with E-state index in [2.05, 4.69) is 0 Å². The molecule has 0 atom stereocenters. The second-order valence-corrected chi connectivity index (χ2v) is 8.53. The molecule has 0 bridgehead atoms. The molecule has 0 aliphatic carbocycles. The summed E-state index contributed by atoms with van der Waals surface area (Å²) in [6.45, 7) is 1.22. The Hall–Kier alpha value is -1.47. The number of sulfonamides is 1. The van der Waals surface area contributed by atoms with Gasteiger partial charge in [0.2, 0.25) is 10.0 Å². The van der Waals surface area contributed by atoms with Crippen molar-refractivity contribution in [1.29, 1.82) is 0 Å². The van der Waals surface area contributed by atoms with E-state index >= 15 is 0 Å². The summed E-state index contributed by atoms with van der Waals surface area (Å²) in [7, 11) is -2.17. The second kappa shape index (κ2) is 7.41. The smallest absolute Gasteiger partial charge is 0.243 e. The number of hydrogen-bond donors (Lipinski definition) is 0. The van der Waals surface area contributed by atoms with Crippen molar-refractivity contribution in [2.24, 2.45) is 0 Å². The quantitative estimate of drug-likeness (QED) is 0.777. The van der Waals surface area contributed by atoms with Crippen LogP contribution >= 0.6 is 23.2 Å². The minimum absolute atomic E-state index is 0.152. The van der Waals surface area contributed by atoms with E-state index < -0.39 is 10.0 Å². The predicted octanol–water partition coefficient (Wildman–Crippen LogP) is 3.98. The maximum Gasteiger partial charge on any atom is 0.243 e. The molecule has 8 heteroatoms. The fourth-order valence-corrected chi connectivity index (χ4v) is 3.96. The van der Waals surface area contributed by atoms with E-state index in [1.54, 1.807) is 24.3 Å². The van der Waals surface area contributed by atoms with Crippen LogP contribution in [-0.4, -0.2) is 33.0 Å². The molecular formula is C17H17Cl2NO4S. The molecule has 3 rings (SSSR count). The van der Waals surface area contributed by atoms with Gasteiger partial charge in [-0.05, 0) is 29.8 Å². The molecule has 2 aromatic carbocycles. The Labute approximate surface area is 157 Å². The maximum absolute atomic E-state index is 12.8. The Morgan fingerprint density at radius 2 is 1.72 bits per heavy atom. The highest BCUT2D eigenvalue weighted by Crippen LogP contribution is 2.33. The number of benzene rings is 2. The standard InChI is InChI=1S/C17H17Cl2NO4S/c1-20(11-12-3-5-14(18)15(19)9-12)25(21,22)13-4-6-16-17(10-13)24-8-2-7-23-16/h3-6,9-10H,2,7-8,11H2,1H3. The molecule has 0 saturated heterocycles. The van der Waals surface area contributed by atoms with E-state index in [0.717, 1.165) is 12.0 Å². The van der Waals surface area contributed by atoms with Crippen LogP contribution in [0.15, 0.2) is 41.3 Å². The molecule has 0 unspecified atom stereocenters. The summed E-state index contributed by atoms with van der Waals surface area (Å²) in [5.74, 6) is 1.00. The third-order valence-electron chi connectivity index (χ3n) is 3.82. The van der Waals surface area contributed by atoms with E-state index in [9.17, 15) is 8.42 Å². The van der Waals surface area contributed by atoms with Crippen LogP contribution in [-0.2, 0) is 16.6 Å². The molecule has 0 aromatic heterocycles. The zero-order valence-electron chi connectivity index (χ0n) is 13.5. The van der Waals surface area contributed by atoms with Crippen LogP contribution in [0.3, 0.4) is 0 Å². The van der Waals surface area contributed by atoms with E-state index in [1.165, 1.54) is 23.5 Å². The monoisotopic (exact) mass is 401 g/mol. The van der Waals surface area contributed by atoms with Gasteiger partial charge in [-0.1, -0.05) is 29.3 Å². The molecule has 2 aromatic rings.